The fraction of sp³-hybridized carbons (Fsp3) is 0.200. The molecular formula is C15H17N3O. The summed E-state index contributed by atoms with van der Waals surface area (Å²) in [5, 5.41) is 5.95. The Labute approximate surface area is 112 Å². The van der Waals surface area contributed by atoms with Crippen molar-refractivity contribution in [2.45, 2.75) is 13.5 Å². The Morgan fingerprint density at radius 3 is 2.74 bits per heavy atom. The molecule has 98 valence electrons. The van der Waals surface area contributed by atoms with Crippen LogP contribution in [-0.4, -0.2) is 17.4 Å². The van der Waals surface area contributed by atoms with E-state index in [-0.39, 0.29) is 12.5 Å². The lowest BCUT2D eigenvalue weighted by atomic mass is 10.2. The SMILES string of the molecule is Cc1cccc(NC(=O)CNCc2ccncc2)c1. The van der Waals surface area contributed by atoms with E-state index in [1.807, 2.05) is 43.3 Å². The van der Waals surface area contributed by atoms with Gasteiger partial charge in [0.1, 0.15) is 0 Å². The quantitative estimate of drug-likeness (QED) is 0.860. The number of rotatable bonds is 5. The first kappa shape index (κ1) is 13.2. The fourth-order valence-electron chi connectivity index (χ4n) is 1.75. The minimum Gasteiger partial charge on any atom is -0.325 e. The fourth-order valence-corrected chi connectivity index (χ4v) is 1.75. The number of benzene rings is 1. The zero-order valence-corrected chi connectivity index (χ0v) is 10.9. The molecule has 0 saturated heterocycles. The molecule has 0 aliphatic rings. The van der Waals surface area contributed by atoms with Crippen molar-refractivity contribution in [2.24, 2.45) is 0 Å². The van der Waals surface area contributed by atoms with Crippen molar-refractivity contribution in [2.75, 3.05) is 11.9 Å². The van der Waals surface area contributed by atoms with E-state index >= 15 is 0 Å². The van der Waals surface area contributed by atoms with E-state index in [0.29, 0.717) is 6.54 Å². The van der Waals surface area contributed by atoms with Crippen LogP contribution in [0.1, 0.15) is 11.1 Å². The molecule has 1 aromatic carbocycles. The summed E-state index contributed by atoms with van der Waals surface area (Å²) in [5.41, 5.74) is 3.07. The van der Waals surface area contributed by atoms with Gasteiger partial charge in [0.25, 0.3) is 0 Å². The first-order valence-corrected chi connectivity index (χ1v) is 6.20. The standard InChI is InChI=1S/C15H17N3O/c1-12-3-2-4-14(9-12)18-15(19)11-17-10-13-5-7-16-8-6-13/h2-9,17H,10-11H2,1H3,(H,18,19). The molecule has 19 heavy (non-hydrogen) atoms. The Kier molecular flexibility index (Phi) is 4.64. The van der Waals surface area contributed by atoms with Gasteiger partial charge in [0.05, 0.1) is 6.54 Å². The highest BCUT2D eigenvalue weighted by molar-refractivity contribution is 5.92. The Morgan fingerprint density at radius 1 is 1.21 bits per heavy atom. The van der Waals surface area contributed by atoms with Crippen molar-refractivity contribution in [3.63, 3.8) is 0 Å². The lowest BCUT2D eigenvalue weighted by Gasteiger charge is -2.07. The summed E-state index contributed by atoms with van der Waals surface area (Å²) in [4.78, 5) is 15.7. The molecular weight excluding hydrogens is 238 g/mol. The van der Waals surface area contributed by atoms with Gasteiger partial charge in [-0.15, -0.1) is 0 Å². The van der Waals surface area contributed by atoms with E-state index < -0.39 is 0 Å². The highest BCUT2D eigenvalue weighted by atomic mass is 16.1. The van der Waals surface area contributed by atoms with Gasteiger partial charge in [-0.3, -0.25) is 9.78 Å². The van der Waals surface area contributed by atoms with Crippen LogP contribution in [0, 0.1) is 6.92 Å². The minimum absolute atomic E-state index is 0.0420. The number of hydrogen-bond acceptors (Lipinski definition) is 3. The number of aryl methyl sites for hydroxylation is 1. The average molecular weight is 255 g/mol. The topological polar surface area (TPSA) is 54.0 Å². The molecule has 0 spiro atoms. The highest BCUT2D eigenvalue weighted by Gasteiger charge is 2.01. The number of carbonyl (C=O) groups is 1. The van der Waals surface area contributed by atoms with Crippen LogP contribution in [0.25, 0.3) is 0 Å². The molecule has 0 unspecified atom stereocenters. The molecule has 0 radical (unpaired) electrons. The average Bonchev–Trinajstić information content (AvgIpc) is 2.40. The molecule has 1 amide bonds. The third kappa shape index (κ3) is 4.52. The molecule has 0 bridgehead atoms. The summed E-state index contributed by atoms with van der Waals surface area (Å²) in [5.74, 6) is -0.0420. The molecule has 0 aliphatic carbocycles. The number of nitrogens with zero attached hydrogens (tertiary/aromatic N) is 1. The molecule has 4 nitrogen and oxygen atoms in total. The first-order valence-electron chi connectivity index (χ1n) is 6.20. The van der Waals surface area contributed by atoms with E-state index in [1.54, 1.807) is 12.4 Å². The van der Waals surface area contributed by atoms with E-state index in [4.69, 9.17) is 0 Å². The molecule has 0 aliphatic heterocycles. The summed E-state index contributed by atoms with van der Waals surface area (Å²) in [6.07, 6.45) is 3.48. The predicted octanol–water partition coefficient (Wildman–Crippen LogP) is 2.12. The number of amides is 1. The van der Waals surface area contributed by atoms with Crippen LogP contribution >= 0.6 is 0 Å². The second-order valence-corrected chi connectivity index (χ2v) is 4.38. The zero-order valence-electron chi connectivity index (χ0n) is 10.9. The maximum absolute atomic E-state index is 11.7. The number of nitrogens with one attached hydrogen (secondary N) is 2. The van der Waals surface area contributed by atoms with Crippen LogP contribution in [0.15, 0.2) is 48.8 Å². The molecule has 2 rings (SSSR count). The largest absolute Gasteiger partial charge is 0.325 e. The van der Waals surface area contributed by atoms with Gasteiger partial charge in [0.15, 0.2) is 0 Å². The van der Waals surface area contributed by atoms with E-state index in [9.17, 15) is 4.79 Å². The summed E-state index contributed by atoms with van der Waals surface area (Å²) in [6.45, 7) is 2.94. The monoisotopic (exact) mass is 255 g/mol. The lowest BCUT2D eigenvalue weighted by Crippen LogP contribution is -2.27. The summed E-state index contributed by atoms with van der Waals surface area (Å²) in [7, 11) is 0. The van der Waals surface area contributed by atoms with Crippen molar-refractivity contribution in [3.8, 4) is 0 Å². The van der Waals surface area contributed by atoms with Crippen LogP contribution < -0.4 is 10.6 Å². The normalized spacial score (nSPS) is 10.2. The second kappa shape index (κ2) is 6.66. The van der Waals surface area contributed by atoms with E-state index in [0.717, 1.165) is 16.8 Å². The third-order valence-electron chi connectivity index (χ3n) is 2.67. The lowest BCUT2D eigenvalue weighted by molar-refractivity contribution is -0.115. The van der Waals surface area contributed by atoms with Crippen LogP contribution in [0.2, 0.25) is 0 Å². The van der Waals surface area contributed by atoms with Crippen LogP contribution in [0.3, 0.4) is 0 Å². The van der Waals surface area contributed by atoms with Crippen molar-refractivity contribution in [1.29, 1.82) is 0 Å². The van der Waals surface area contributed by atoms with Crippen molar-refractivity contribution >= 4 is 11.6 Å². The number of hydrogen-bond donors (Lipinski definition) is 2. The molecule has 4 heteroatoms. The Hall–Kier alpha value is -2.20. The first-order chi connectivity index (χ1) is 9.24. The van der Waals surface area contributed by atoms with Gasteiger partial charge < -0.3 is 10.6 Å². The Morgan fingerprint density at radius 2 is 2.00 bits per heavy atom. The second-order valence-electron chi connectivity index (χ2n) is 4.38. The molecule has 0 saturated carbocycles. The third-order valence-corrected chi connectivity index (χ3v) is 2.67. The van der Waals surface area contributed by atoms with Gasteiger partial charge in [-0.2, -0.15) is 0 Å². The van der Waals surface area contributed by atoms with Crippen molar-refractivity contribution in [1.82, 2.24) is 10.3 Å². The van der Waals surface area contributed by atoms with Gasteiger partial charge in [-0.05, 0) is 42.3 Å². The summed E-state index contributed by atoms with van der Waals surface area (Å²) in [6, 6.07) is 11.6. The molecule has 2 aromatic rings. The van der Waals surface area contributed by atoms with Crippen LogP contribution in [0.5, 0.6) is 0 Å². The number of pyridine rings is 1. The molecule has 0 atom stereocenters. The van der Waals surface area contributed by atoms with Gasteiger partial charge in [-0.25, -0.2) is 0 Å². The number of aromatic nitrogens is 1. The molecule has 1 heterocycles. The van der Waals surface area contributed by atoms with E-state index in [2.05, 4.69) is 15.6 Å². The number of carbonyl (C=O) groups excluding carboxylic acids is 1. The predicted molar refractivity (Wildman–Crippen MR) is 75.8 cm³/mol. The maximum Gasteiger partial charge on any atom is 0.238 e. The summed E-state index contributed by atoms with van der Waals surface area (Å²) >= 11 is 0. The van der Waals surface area contributed by atoms with Crippen molar-refractivity contribution < 1.29 is 4.79 Å². The Balaban J connectivity index is 1.76. The highest BCUT2D eigenvalue weighted by Crippen LogP contribution is 2.08. The molecule has 1 aromatic heterocycles. The maximum atomic E-state index is 11.7. The van der Waals surface area contributed by atoms with Crippen LogP contribution in [-0.2, 0) is 11.3 Å². The van der Waals surface area contributed by atoms with Crippen LogP contribution in [0.4, 0.5) is 5.69 Å². The number of anilines is 1. The van der Waals surface area contributed by atoms with Crippen molar-refractivity contribution in [3.05, 3.63) is 59.9 Å². The summed E-state index contributed by atoms with van der Waals surface area (Å²) < 4.78 is 0. The van der Waals surface area contributed by atoms with E-state index in [1.165, 1.54) is 0 Å². The van der Waals surface area contributed by atoms with Gasteiger partial charge in [0, 0.05) is 24.6 Å². The molecule has 2 N–H and O–H groups in total. The zero-order chi connectivity index (χ0) is 13.5. The van der Waals surface area contributed by atoms with Gasteiger partial charge in [-0.1, -0.05) is 12.1 Å². The smallest absolute Gasteiger partial charge is 0.238 e. The Bertz CT molecular complexity index is 540. The van der Waals surface area contributed by atoms with Gasteiger partial charge in [0.2, 0.25) is 5.91 Å². The van der Waals surface area contributed by atoms with Gasteiger partial charge >= 0.3 is 0 Å². The minimum atomic E-state index is -0.0420. The molecule has 0 fully saturated rings.